The molecule has 2 aromatic rings. The van der Waals surface area contributed by atoms with E-state index in [0.29, 0.717) is 12.0 Å². The SMILES string of the molecule is CCCCCCC.CCc1cccc(OC2c3ccccc3C[C@H]2CCCCC(N)CC)c1. The van der Waals surface area contributed by atoms with Crippen molar-refractivity contribution in [3.63, 3.8) is 0 Å². The summed E-state index contributed by atoms with van der Waals surface area (Å²) in [4.78, 5) is 0. The van der Waals surface area contributed by atoms with Crippen molar-refractivity contribution in [1.82, 2.24) is 0 Å². The van der Waals surface area contributed by atoms with E-state index in [-0.39, 0.29) is 6.10 Å². The number of benzene rings is 2. The second-order valence-electron chi connectivity index (χ2n) is 9.72. The predicted molar refractivity (Wildman–Crippen MR) is 144 cm³/mol. The summed E-state index contributed by atoms with van der Waals surface area (Å²) in [7, 11) is 0. The molecule has 2 nitrogen and oxygen atoms in total. The van der Waals surface area contributed by atoms with Crippen LogP contribution in [0.15, 0.2) is 48.5 Å². The molecule has 2 unspecified atom stereocenters. The second-order valence-corrected chi connectivity index (χ2v) is 9.72. The Kier molecular flexibility index (Phi) is 13.3. The highest BCUT2D eigenvalue weighted by Crippen LogP contribution is 2.42. The van der Waals surface area contributed by atoms with Gasteiger partial charge in [0.2, 0.25) is 0 Å². The van der Waals surface area contributed by atoms with E-state index in [9.17, 15) is 0 Å². The van der Waals surface area contributed by atoms with Gasteiger partial charge in [0.05, 0.1) is 0 Å². The van der Waals surface area contributed by atoms with Crippen molar-refractivity contribution < 1.29 is 4.74 Å². The van der Waals surface area contributed by atoms with Crippen molar-refractivity contribution in [2.45, 2.75) is 117 Å². The Labute approximate surface area is 204 Å². The van der Waals surface area contributed by atoms with Crippen LogP contribution in [0.4, 0.5) is 0 Å². The molecule has 3 atom stereocenters. The highest BCUT2D eigenvalue weighted by molar-refractivity contribution is 5.37. The first-order valence-electron chi connectivity index (χ1n) is 13.7. The smallest absolute Gasteiger partial charge is 0.127 e. The number of fused-ring (bicyclic) bond motifs is 1. The summed E-state index contributed by atoms with van der Waals surface area (Å²) in [6, 6.07) is 17.7. The standard InChI is InChI=1S/C24H33NO.C7H16/c1-3-18-10-9-14-22(16-18)26-24-20(12-5-7-13-21(25)4-2)17-19-11-6-8-15-23(19)24;1-3-5-7-6-4-2/h6,8-11,14-16,20-21,24H,3-5,7,12-13,17,25H2,1-2H3;3-7H2,1-2H3/t20-,21?,24?;/m1./s1. The minimum absolute atomic E-state index is 0.179. The Morgan fingerprint density at radius 1 is 0.879 bits per heavy atom. The fourth-order valence-electron chi connectivity index (χ4n) is 4.73. The van der Waals surface area contributed by atoms with E-state index in [1.165, 1.54) is 68.1 Å². The summed E-state index contributed by atoms with van der Waals surface area (Å²) in [5, 5.41) is 0. The average molecular weight is 452 g/mol. The van der Waals surface area contributed by atoms with E-state index in [1.807, 2.05) is 0 Å². The molecule has 1 aliphatic carbocycles. The van der Waals surface area contributed by atoms with Crippen LogP contribution in [0.3, 0.4) is 0 Å². The van der Waals surface area contributed by atoms with Gasteiger partial charge in [0.25, 0.3) is 0 Å². The molecule has 2 heteroatoms. The summed E-state index contributed by atoms with van der Waals surface area (Å²) in [6.07, 6.45) is 15.2. The maximum Gasteiger partial charge on any atom is 0.127 e. The van der Waals surface area contributed by atoms with Crippen LogP contribution in [0.5, 0.6) is 5.75 Å². The van der Waals surface area contributed by atoms with Crippen LogP contribution in [0.1, 0.15) is 115 Å². The van der Waals surface area contributed by atoms with E-state index < -0.39 is 0 Å². The Bertz CT molecular complexity index is 767. The van der Waals surface area contributed by atoms with Crippen molar-refractivity contribution in [2.24, 2.45) is 11.7 Å². The molecular weight excluding hydrogens is 402 g/mol. The molecule has 0 saturated carbocycles. The minimum Gasteiger partial charge on any atom is -0.485 e. The molecule has 0 saturated heterocycles. The van der Waals surface area contributed by atoms with Crippen molar-refractivity contribution in [3.8, 4) is 5.75 Å². The Hall–Kier alpha value is -1.80. The van der Waals surface area contributed by atoms with Gasteiger partial charge < -0.3 is 10.5 Å². The van der Waals surface area contributed by atoms with Crippen molar-refractivity contribution in [3.05, 3.63) is 65.2 Å². The van der Waals surface area contributed by atoms with Crippen LogP contribution in [0.2, 0.25) is 0 Å². The third-order valence-electron chi connectivity index (χ3n) is 6.97. The molecule has 3 rings (SSSR count). The summed E-state index contributed by atoms with van der Waals surface area (Å²) >= 11 is 0. The lowest BCUT2D eigenvalue weighted by Gasteiger charge is -2.23. The van der Waals surface area contributed by atoms with E-state index in [2.05, 4.69) is 76.2 Å². The summed E-state index contributed by atoms with van der Waals surface area (Å²) < 4.78 is 6.53. The molecule has 0 heterocycles. The third-order valence-corrected chi connectivity index (χ3v) is 6.97. The van der Waals surface area contributed by atoms with Crippen molar-refractivity contribution in [1.29, 1.82) is 0 Å². The Morgan fingerprint density at radius 3 is 2.33 bits per heavy atom. The molecule has 184 valence electrons. The summed E-state index contributed by atoms with van der Waals surface area (Å²) in [6.45, 7) is 8.85. The van der Waals surface area contributed by atoms with Gasteiger partial charge >= 0.3 is 0 Å². The topological polar surface area (TPSA) is 35.2 Å². The summed E-state index contributed by atoms with van der Waals surface area (Å²) in [5.74, 6) is 1.57. The predicted octanol–water partition coefficient (Wildman–Crippen LogP) is 8.82. The van der Waals surface area contributed by atoms with E-state index in [4.69, 9.17) is 10.5 Å². The van der Waals surface area contributed by atoms with Crippen LogP contribution >= 0.6 is 0 Å². The van der Waals surface area contributed by atoms with Crippen LogP contribution in [0.25, 0.3) is 0 Å². The van der Waals surface area contributed by atoms with Crippen molar-refractivity contribution in [2.75, 3.05) is 0 Å². The fraction of sp³-hybridized carbons (Fsp3) is 0.613. The lowest BCUT2D eigenvalue weighted by molar-refractivity contribution is 0.141. The minimum atomic E-state index is 0.179. The van der Waals surface area contributed by atoms with Gasteiger partial charge in [0, 0.05) is 12.0 Å². The van der Waals surface area contributed by atoms with Crippen LogP contribution in [0, 0.1) is 5.92 Å². The van der Waals surface area contributed by atoms with Crippen LogP contribution in [-0.4, -0.2) is 6.04 Å². The number of hydrogen-bond donors (Lipinski definition) is 1. The van der Waals surface area contributed by atoms with Gasteiger partial charge in [-0.25, -0.2) is 0 Å². The maximum absolute atomic E-state index is 6.53. The Balaban J connectivity index is 0.000000479. The van der Waals surface area contributed by atoms with Gasteiger partial charge in [-0.2, -0.15) is 0 Å². The molecule has 0 aliphatic heterocycles. The number of hydrogen-bond acceptors (Lipinski definition) is 2. The largest absolute Gasteiger partial charge is 0.485 e. The van der Waals surface area contributed by atoms with Gasteiger partial charge in [-0.15, -0.1) is 0 Å². The number of ether oxygens (including phenoxy) is 1. The van der Waals surface area contributed by atoms with Crippen LogP contribution in [-0.2, 0) is 12.8 Å². The molecule has 0 radical (unpaired) electrons. The monoisotopic (exact) mass is 451 g/mol. The zero-order chi connectivity index (χ0) is 23.9. The first-order valence-corrected chi connectivity index (χ1v) is 13.7. The lowest BCUT2D eigenvalue weighted by Crippen LogP contribution is -2.18. The number of unbranched alkanes of at least 4 members (excludes halogenated alkanes) is 5. The molecular formula is C31H49NO. The number of nitrogens with two attached hydrogens (primary N) is 1. The number of aryl methyl sites for hydroxylation is 1. The van der Waals surface area contributed by atoms with Crippen LogP contribution < -0.4 is 10.5 Å². The highest BCUT2D eigenvalue weighted by Gasteiger charge is 2.33. The molecule has 2 N–H and O–H groups in total. The molecule has 0 bridgehead atoms. The van der Waals surface area contributed by atoms with E-state index in [1.54, 1.807) is 0 Å². The van der Waals surface area contributed by atoms with Gasteiger partial charge in [-0.05, 0) is 60.9 Å². The van der Waals surface area contributed by atoms with Gasteiger partial charge in [-0.3, -0.25) is 0 Å². The molecule has 0 amide bonds. The van der Waals surface area contributed by atoms with E-state index >= 15 is 0 Å². The Morgan fingerprint density at radius 2 is 1.64 bits per heavy atom. The summed E-state index contributed by atoms with van der Waals surface area (Å²) in [5.41, 5.74) is 10.2. The zero-order valence-corrected chi connectivity index (χ0v) is 21.8. The third kappa shape index (κ3) is 9.53. The maximum atomic E-state index is 6.53. The second kappa shape index (κ2) is 15.9. The average Bonchev–Trinajstić information content (AvgIpc) is 3.19. The normalized spacial score (nSPS) is 17.7. The molecule has 33 heavy (non-hydrogen) atoms. The molecule has 1 aliphatic rings. The quantitative estimate of drug-likeness (QED) is 0.309. The van der Waals surface area contributed by atoms with Gasteiger partial charge in [0.1, 0.15) is 11.9 Å². The molecule has 0 fully saturated rings. The van der Waals surface area contributed by atoms with E-state index in [0.717, 1.165) is 31.4 Å². The highest BCUT2D eigenvalue weighted by atomic mass is 16.5. The number of rotatable bonds is 13. The molecule has 0 aromatic heterocycles. The van der Waals surface area contributed by atoms with Gasteiger partial charge in [0.15, 0.2) is 0 Å². The molecule has 0 spiro atoms. The lowest BCUT2D eigenvalue weighted by atomic mass is 9.95. The van der Waals surface area contributed by atoms with Gasteiger partial charge in [-0.1, -0.05) is 109 Å². The molecule has 2 aromatic carbocycles. The first-order chi connectivity index (χ1) is 16.1. The zero-order valence-electron chi connectivity index (χ0n) is 21.8. The van der Waals surface area contributed by atoms with Crippen molar-refractivity contribution >= 4 is 0 Å². The first kappa shape index (κ1) is 27.4. The fourth-order valence-corrected chi connectivity index (χ4v) is 4.73.